The Kier molecular flexibility index (Phi) is 3.06. The number of alkyl halides is 3. The van der Waals surface area contributed by atoms with E-state index in [1.165, 1.54) is 18.2 Å². The third-order valence-electron chi connectivity index (χ3n) is 1.59. The zero-order valence-electron chi connectivity index (χ0n) is 6.58. The quantitative estimate of drug-likeness (QED) is 0.666. The first kappa shape index (κ1) is 9.77. The summed E-state index contributed by atoms with van der Waals surface area (Å²) < 4.78 is 36.5. The summed E-state index contributed by atoms with van der Waals surface area (Å²) in [6, 6.07) is 5.14. The summed E-state index contributed by atoms with van der Waals surface area (Å²) in [5.74, 6) is 0. The first-order chi connectivity index (χ1) is 6.15. The fraction of sp³-hybridized carbons (Fsp3) is 0.222. The van der Waals surface area contributed by atoms with Gasteiger partial charge in [-0.3, -0.25) is 4.79 Å². The lowest BCUT2D eigenvalue weighted by molar-refractivity contribution is 0.0495. The van der Waals surface area contributed by atoms with Crippen molar-refractivity contribution >= 4 is 6.29 Å². The van der Waals surface area contributed by atoms with E-state index in [0.717, 1.165) is 6.07 Å². The van der Waals surface area contributed by atoms with Crippen LogP contribution in [0, 0.1) is 0 Å². The lowest BCUT2D eigenvalue weighted by Crippen LogP contribution is -2.03. The van der Waals surface area contributed by atoms with Crippen molar-refractivity contribution in [3.8, 4) is 0 Å². The summed E-state index contributed by atoms with van der Waals surface area (Å²) in [5.41, 5.74) is 0.0281. The molecule has 4 heteroatoms. The molecule has 70 valence electrons. The van der Waals surface area contributed by atoms with Crippen molar-refractivity contribution in [1.29, 1.82) is 0 Å². The standard InChI is InChI=1S/C9H7F3O/c10-8(9(11)12)7-3-1-2-6(4-7)5-13/h1-5,8-9H. The lowest BCUT2D eigenvalue weighted by atomic mass is 10.1. The second-order valence-corrected chi connectivity index (χ2v) is 2.52. The van der Waals surface area contributed by atoms with E-state index in [2.05, 4.69) is 0 Å². The van der Waals surface area contributed by atoms with Gasteiger partial charge in [0.15, 0.2) is 6.17 Å². The molecule has 13 heavy (non-hydrogen) atoms. The van der Waals surface area contributed by atoms with Gasteiger partial charge in [0.2, 0.25) is 0 Å². The third-order valence-corrected chi connectivity index (χ3v) is 1.59. The molecule has 0 radical (unpaired) electrons. The SMILES string of the molecule is O=Cc1cccc(C(F)C(F)F)c1. The van der Waals surface area contributed by atoms with E-state index >= 15 is 0 Å². The Bertz CT molecular complexity index is 299. The topological polar surface area (TPSA) is 17.1 Å². The predicted molar refractivity (Wildman–Crippen MR) is 41.7 cm³/mol. The molecule has 0 heterocycles. The summed E-state index contributed by atoms with van der Waals surface area (Å²) in [5, 5.41) is 0. The van der Waals surface area contributed by atoms with Gasteiger partial charge in [0.25, 0.3) is 6.43 Å². The highest BCUT2D eigenvalue weighted by molar-refractivity contribution is 5.74. The summed E-state index contributed by atoms with van der Waals surface area (Å²) >= 11 is 0. The number of hydrogen-bond donors (Lipinski definition) is 0. The maximum atomic E-state index is 12.7. The van der Waals surface area contributed by atoms with Crippen LogP contribution < -0.4 is 0 Å². The molecule has 1 nitrogen and oxygen atoms in total. The van der Waals surface area contributed by atoms with E-state index in [1.807, 2.05) is 0 Å². The van der Waals surface area contributed by atoms with Crippen LogP contribution in [0.5, 0.6) is 0 Å². The maximum absolute atomic E-state index is 12.7. The van der Waals surface area contributed by atoms with E-state index < -0.39 is 12.6 Å². The Balaban J connectivity index is 2.94. The van der Waals surface area contributed by atoms with Crippen LogP contribution in [0.25, 0.3) is 0 Å². The molecule has 1 rings (SSSR count). The Morgan fingerprint density at radius 1 is 1.23 bits per heavy atom. The van der Waals surface area contributed by atoms with Gasteiger partial charge in [0.1, 0.15) is 6.29 Å². The van der Waals surface area contributed by atoms with Crippen LogP contribution >= 0.6 is 0 Å². The average Bonchev–Trinajstić information content (AvgIpc) is 2.16. The van der Waals surface area contributed by atoms with Crippen LogP contribution in [0.2, 0.25) is 0 Å². The monoisotopic (exact) mass is 188 g/mol. The van der Waals surface area contributed by atoms with Crippen molar-refractivity contribution in [3.63, 3.8) is 0 Å². The predicted octanol–water partition coefficient (Wildman–Crippen LogP) is 2.77. The van der Waals surface area contributed by atoms with E-state index in [-0.39, 0.29) is 11.1 Å². The Morgan fingerprint density at radius 2 is 1.92 bits per heavy atom. The fourth-order valence-corrected chi connectivity index (χ4v) is 0.949. The zero-order chi connectivity index (χ0) is 9.84. The highest BCUT2D eigenvalue weighted by Gasteiger charge is 2.21. The number of hydrogen-bond acceptors (Lipinski definition) is 1. The lowest BCUT2D eigenvalue weighted by Gasteiger charge is -2.06. The molecule has 0 aliphatic carbocycles. The normalized spacial score (nSPS) is 12.9. The number of rotatable bonds is 3. The molecule has 0 N–H and O–H groups in total. The van der Waals surface area contributed by atoms with Crippen molar-refractivity contribution in [2.24, 2.45) is 0 Å². The van der Waals surface area contributed by atoms with Crippen molar-refractivity contribution in [2.75, 3.05) is 0 Å². The Morgan fingerprint density at radius 3 is 2.46 bits per heavy atom. The molecule has 1 atom stereocenters. The van der Waals surface area contributed by atoms with Crippen LogP contribution in [0.4, 0.5) is 13.2 Å². The van der Waals surface area contributed by atoms with Crippen LogP contribution in [0.15, 0.2) is 24.3 Å². The highest BCUT2D eigenvalue weighted by Crippen LogP contribution is 2.24. The summed E-state index contributed by atoms with van der Waals surface area (Å²) in [4.78, 5) is 10.2. The second kappa shape index (κ2) is 4.07. The number of carbonyl (C=O) groups excluding carboxylic acids is 1. The van der Waals surface area contributed by atoms with Gasteiger partial charge in [-0.1, -0.05) is 18.2 Å². The molecule has 1 aromatic rings. The molecular formula is C9H7F3O. The maximum Gasteiger partial charge on any atom is 0.273 e. The van der Waals surface area contributed by atoms with Crippen LogP contribution in [-0.2, 0) is 0 Å². The molecule has 1 aromatic carbocycles. The largest absolute Gasteiger partial charge is 0.298 e. The van der Waals surface area contributed by atoms with Gasteiger partial charge in [-0.05, 0) is 11.6 Å². The highest BCUT2D eigenvalue weighted by atomic mass is 19.3. The molecule has 0 fully saturated rings. The smallest absolute Gasteiger partial charge is 0.273 e. The van der Waals surface area contributed by atoms with E-state index in [1.54, 1.807) is 0 Å². The minimum absolute atomic E-state index is 0.167. The number of carbonyl (C=O) groups is 1. The molecule has 0 aliphatic heterocycles. The minimum atomic E-state index is -3.05. The molecule has 0 spiro atoms. The van der Waals surface area contributed by atoms with Gasteiger partial charge in [-0.25, -0.2) is 13.2 Å². The average molecular weight is 188 g/mol. The Hall–Kier alpha value is -1.32. The molecule has 0 aliphatic rings. The number of halogens is 3. The van der Waals surface area contributed by atoms with Crippen LogP contribution in [0.3, 0.4) is 0 Å². The van der Waals surface area contributed by atoms with Crippen LogP contribution in [-0.4, -0.2) is 12.7 Å². The molecule has 0 saturated heterocycles. The van der Waals surface area contributed by atoms with Crippen LogP contribution in [0.1, 0.15) is 22.1 Å². The van der Waals surface area contributed by atoms with Crippen molar-refractivity contribution in [1.82, 2.24) is 0 Å². The summed E-state index contributed by atoms with van der Waals surface area (Å²) in [7, 11) is 0. The van der Waals surface area contributed by atoms with E-state index in [9.17, 15) is 18.0 Å². The fourth-order valence-electron chi connectivity index (χ4n) is 0.949. The molecule has 0 aromatic heterocycles. The summed E-state index contributed by atoms with van der Waals surface area (Å²) in [6.45, 7) is 0. The second-order valence-electron chi connectivity index (χ2n) is 2.52. The van der Waals surface area contributed by atoms with Gasteiger partial charge in [0.05, 0.1) is 0 Å². The summed E-state index contributed by atoms with van der Waals surface area (Å²) in [6.07, 6.45) is -4.89. The van der Waals surface area contributed by atoms with Gasteiger partial charge < -0.3 is 0 Å². The van der Waals surface area contributed by atoms with Gasteiger partial charge in [0, 0.05) is 5.56 Å². The van der Waals surface area contributed by atoms with Gasteiger partial charge in [-0.2, -0.15) is 0 Å². The van der Waals surface area contributed by atoms with E-state index in [0.29, 0.717) is 6.29 Å². The number of aldehydes is 1. The van der Waals surface area contributed by atoms with Crippen molar-refractivity contribution < 1.29 is 18.0 Å². The minimum Gasteiger partial charge on any atom is -0.298 e. The Labute approximate surface area is 73.2 Å². The molecule has 1 unspecified atom stereocenters. The zero-order valence-corrected chi connectivity index (χ0v) is 6.58. The van der Waals surface area contributed by atoms with Gasteiger partial charge >= 0.3 is 0 Å². The third kappa shape index (κ3) is 2.31. The molecule has 0 saturated carbocycles. The van der Waals surface area contributed by atoms with Crippen molar-refractivity contribution in [3.05, 3.63) is 35.4 Å². The number of benzene rings is 1. The van der Waals surface area contributed by atoms with Gasteiger partial charge in [-0.15, -0.1) is 0 Å². The first-order valence-electron chi connectivity index (χ1n) is 3.62. The first-order valence-corrected chi connectivity index (χ1v) is 3.62. The van der Waals surface area contributed by atoms with E-state index in [4.69, 9.17) is 0 Å². The molecule has 0 amide bonds. The molecular weight excluding hydrogens is 181 g/mol. The van der Waals surface area contributed by atoms with Crippen molar-refractivity contribution in [2.45, 2.75) is 12.6 Å². The molecule has 0 bridgehead atoms.